The molecule has 0 aliphatic heterocycles. The summed E-state index contributed by atoms with van der Waals surface area (Å²) < 4.78 is 0. The van der Waals surface area contributed by atoms with Gasteiger partial charge in [-0.3, -0.25) is 0 Å². The first kappa shape index (κ1) is 9.67. The molecule has 0 radical (unpaired) electrons. The number of hydrogen-bond donors (Lipinski definition) is 0. The number of ketones is 1. The molecule has 0 aromatic heterocycles. The predicted octanol–water partition coefficient (Wildman–Crippen LogP) is 2.79. The molecule has 0 amide bonds. The van der Waals surface area contributed by atoms with Gasteiger partial charge in [-0.1, -0.05) is 27.2 Å². The van der Waals surface area contributed by atoms with Crippen LogP contribution in [0.4, 0.5) is 0 Å². The van der Waals surface area contributed by atoms with Crippen LogP contribution in [0.5, 0.6) is 0 Å². The normalized spacial score (nSPS) is 11.6. The summed E-state index contributed by atoms with van der Waals surface area (Å²) in [4.78, 5) is 10.7. The van der Waals surface area contributed by atoms with E-state index in [1.54, 1.807) is 6.92 Å². The molecule has 0 atom stereocenters. The van der Waals surface area contributed by atoms with E-state index in [1.807, 2.05) is 0 Å². The Morgan fingerprint density at radius 2 is 1.90 bits per heavy atom. The van der Waals surface area contributed by atoms with Crippen LogP contribution in [0, 0.1) is 5.41 Å². The Kier molecular flexibility index (Phi) is 3.62. The highest BCUT2D eigenvalue weighted by Gasteiger charge is 2.17. The van der Waals surface area contributed by atoms with Crippen molar-refractivity contribution < 1.29 is 4.79 Å². The van der Waals surface area contributed by atoms with Gasteiger partial charge in [0.05, 0.1) is 0 Å². The molecule has 0 rings (SSSR count). The molecular weight excluding hydrogens is 124 g/mol. The molecule has 60 valence electrons. The van der Waals surface area contributed by atoms with E-state index in [-0.39, 0.29) is 5.41 Å². The van der Waals surface area contributed by atoms with Gasteiger partial charge in [0.25, 0.3) is 0 Å². The van der Waals surface area contributed by atoms with Gasteiger partial charge in [-0.2, -0.15) is 0 Å². The molecular formula is C9H18O. The molecule has 1 nitrogen and oxygen atoms in total. The smallest absolute Gasteiger partial charge is 0.130 e. The Labute approximate surface area is 63.8 Å². The minimum absolute atomic E-state index is 0.223. The number of Topliss-reactive ketones (excluding diaryl/α,β-unsaturated/α-hetero) is 1. The molecule has 0 fully saturated rings. The molecule has 0 aromatic rings. The van der Waals surface area contributed by atoms with Crippen LogP contribution >= 0.6 is 0 Å². The van der Waals surface area contributed by atoms with Gasteiger partial charge in [-0.15, -0.1) is 0 Å². The molecule has 0 saturated heterocycles. The highest BCUT2D eigenvalue weighted by molar-refractivity contribution is 5.76. The van der Waals surface area contributed by atoms with Crippen molar-refractivity contribution in [3.05, 3.63) is 0 Å². The fourth-order valence-electron chi connectivity index (χ4n) is 1.44. The van der Waals surface area contributed by atoms with Gasteiger partial charge in [-0.05, 0) is 18.8 Å². The topological polar surface area (TPSA) is 17.1 Å². The first-order valence-electron chi connectivity index (χ1n) is 3.97. The molecule has 0 spiro atoms. The lowest BCUT2D eigenvalue weighted by molar-refractivity contribution is -0.118. The van der Waals surface area contributed by atoms with Crippen molar-refractivity contribution in [3.8, 4) is 0 Å². The van der Waals surface area contributed by atoms with Crippen LogP contribution in [0.2, 0.25) is 0 Å². The lowest BCUT2D eigenvalue weighted by Gasteiger charge is -2.21. The van der Waals surface area contributed by atoms with Gasteiger partial charge in [-0.25, -0.2) is 0 Å². The average molecular weight is 142 g/mol. The van der Waals surface area contributed by atoms with Crippen molar-refractivity contribution in [1.82, 2.24) is 0 Å². The van der Waals surface area contributed by atoms with Crippen LogP contribution in [0.1, 0.15) is 47.0 Å². The fraction of sp³-hybridized carbons (Fsp3) is 0.889. The van der Waals surface area contributed by atoms with E-state index < -0.39 is 0 Å². The second kappa shape index (κ2) is 3.75. The Balaban J connectivity index is 3.74. The minimum Gasteiger partial charge on any atom is -0.300 e. The molecule has 0 aromatic carbocycles. The highest BCUT2D eigenvalue weighted by Crippen LogP contribution is 2.26. The number of carbonyl (C=O) groups is 1. The van der Waals surface area contributed by atoms with Crippen molar-refractivity contribution in [3.63, 3.8) is 0 Å². The van der Waals surface area contributed by atoms with E-state index in [0.29, 0.717) is 5.78 Å². The first-order valence-corrected chi connectivity index (χ1v) is 3.97. The van der Waals surface area contributed by atoms with Crippen LogP contribution < -0.4 is 0 Å². The van der Waals surface area contributed by atoms with Crippen LogP contribution in [0.3, 0.4) is 0 Å². The van der Waals surface area contributed by atoms with Crippen molar-refractivity contribution in [2.45, 2.75) is 47.0 Å². The largest absolute Gasteiger partial charge is 0.300 e. The quantitative estimate of drug-likeness (QED) is 0.590. The standard InChI is InChI=1S/C9H18O/c1-5-6-9(3,4)7-8(2)10/h5-7H2,1-4H3. The van der Waals surface area contributed by atoms with Crippen LogP contribution in [-0.2, 0) is 4.79 Å². The van der Waals surface area contributed by atoms with Crippen molar-refractivity contribution in [2.24, 2.45) is 5.41 Å². The molecule has 0 heterocycles. The maximum Gasteiger partial charge on any atom is 0.130 e. The van der Waals surface area contributed by atoms with Crippen LogP contribution in [0.25, 0.3) is 0 Å². The lowest BCUT2D eigenvalue weighted by Crippen LogP contribution is -2.14. The second-order valence-electron chi connectivity index (χ2n) is 3.79. The summed E-state index contributed by atoms with van der Waals surface area (Å²) in [7, 11) is 0. The summed E-state index contributed by atoms with van der Waals surface area (Å²) in [5.74, 6) is 0.304. The molecule has 10 heavy (non-hydrogen) atoms. The average Bonchev–Trinajstić information content (AvgIpc) is 1.59. The van der Waals surface area contributed by atoms with Crippen LogP contribution in [-0.4, -0.2) is 5.78 Å². The first-order chi connectivity index (χ1) is 4.48. The molecule has 0 saturated carbocycles. The van der Waals surface area contributed by atoms with E-state index >= 15 is 0 Å². The lowest BCUT2D eigenvalue weighted by atomic mass is 9.83. The van der Waals surface area contributed by atoms with E-state index in [0.717, 1.165) is 12.8 Å². The molecule has 0 bridgehead atoms. The van der Waals surface area contributed by atoms with Gasteiger partial charge >= 0.3 is 0 Å². The molecule has 1 heteroatoms. The Morgan fingerprint density at radius 3 is 2.20 bits per heavy atom. The number of carbonyl (C=O) groups excluding carboxylic acids is 1. The maximum atomic E-state index is 10.7. The van der Waals surface area contributed by atoms with Gasteiger partial charge in [0, 0.05) is 6.42 Å². The van der Waals surface area contributed by atoms with Gasteiger partial charge in [0.2, 0.25) is 0 Å². The van der Waals surface area contributed by atoms with Crippen molar-refractivity contribution in [2.75, 3.05) is 0 Å². The maximum absolute atomic E-state index is 10.7. The number of hydrogen-bond acceptors (Lipinski definition) is 1. The molecule has 0 aliphatic rings. The minimum atomic E-state index is 0.223. The van der Waals surface area contributed by atoms with Gasteiger partial charge in [0.15, 0.2) is 0 Å². The summed E-state index contributed by atoms with van der Waals surface area (Å²) >= 11 is 0. The Hall–Kier alpha value is -0.330. The highest BCUT2D eigenvalue weighted by atomic mass is 16.1. The van der Waals surface area contributed by atoms with E-state index in [4.69, 9.17) is 0 Å². The second-order valence-corrected chi connectivity index (χ2v) is 3.79. The Bertz CT molecular complexity index is 114. The zero-order chi connectivity index (χ0) is 8.20. The molecule has 0 unspecified atom stereocenters. The van der Waals surface area contributed by atoms with E-state index in [2.05, 4.69) is 20.8 Å². The van der Waals surface area contributed by atoms with Gasteiger partial charge < -0.3 is 4.79 Å². The van der Waals surface area contributed by atoms with E-state index in [9.17, 15) is 4.79 Å². The summed E-state index contributed by atoms with van der Waals surface area (Å²) in [6.45, 7) is 8.12. The predicted molar refractivity (Wildman–Crippen MR) is 44.0 cm³/mol. The van der Waals surface area contributed by atoms with Crippen molar-refractivity contribution >= 4 is 5.78 Å². The molecule has 0 aliphatic carbocycles. The Morgan fingerprint density at radius 1 is 1.40 bits per heavy atom. The zero-order valence-corrected chi connectivity index (χ0v) is 7.53. The summed E-state index contributed by atoms with van der Waals surface area (Å²) in [6.07, 6.45) is 3.04. The fourth-order valence-corrected chi connectivity index (χ4v) is 1.44. The SMILES string of the molecule is CCCC(C)(C)CC(C)=O. The monoisotopic (exact) mass is 142 g/mol. The van der Waals surface area contributed by atoms with Gasteiger partial charge in [0.1, 0.15) is 5.78 Å². The third kappa shape index (κ3) is 4.54. The zero-order valence-electron chi connectivity index (χ0n) is 7.53. The summed E-state index contributed by atoms with van der Waals surface area (Å²) in [5.41, 5.74) is 0.223. The van der Waals surface area contributed by atoms with Crippen LogP contribution in [0.15, 0.2) is 0 Å². The third-order valence-electron chi connectivity index (χ3n) is 1.65. The van der Waals surface area contributed by atoms with E-state index in [1.165, 1.54) is 6.42 Å². The third-order valence-corrected chi connectivity index (χ3v) is 1.65. The summed E-state index contributed by atoms with van der Waals surface area (Å²) in [5, 5.41) is 0. The summed E-state index contributed by atoms with van der Waals surface area (Å²) in [6, 6.07) is 0. The van der Waals surface area contributed by atoms with Crippen molar-refractivity contribution in [1.29, 1.82) is 0 Å². The molecule has 0 N–H and O–H groups in total. The number of rotatable bonds is 4.